The van der Waals surface area contributed by atoms with Crippen molar-refractivity contribution < 1.29 is 23.4 Å². The number of piperazine rings is 1. The maximum absolute atomic E-state index is 14.3. The number of para-hydroxylation sites is 1. The average molecular weight is 492 g/mol. The van der Waals surface area contributed by atoms with Crippen molar-refractivity contribution in [2.75, 3.05) is 51.5 Å². The normalized spacial score (nSPS) is 16.0. The summed E-state index contributed by atoms with van der Waals surface area (Å²) in [5.74, 6) is 1.95. The third kappa shape index (κ3) is 5.39. The largest absolute Gasteiger partial charge is 0.497 e. The van der Waals surface area contributed by atoms with E-state index in [0.717, 1.165) is 35.7 Å². The standard InChI is InChI=1S/C28H30FN3O4/c1-34-22-9-6-20(7-10-22)16-28(33)30-18-25(21-8-11-26-27(17-21)36-19-35-26)32-14-12-31(13-15-32)24-5-3-2-4-23(24)29/h2-11,17,25H,12-16,18-19H2,1H3,(H,30,33)/t25-/m0/s1. The summed E-state index contributed by atoms with van der Waals surface area (Å²) in [6.07, 6.45) is 0.291. The molecule has 0 aliphatic carbocycles. The third-order valence-corrected chi connectivity index (χ3v) is 6.75. The fraction of sp³-hybridized carbons (Fsp3) is 0.321. The highest BCUT2D eigenvalue weighted by atomic mass is 19.1. The fourth-order valence-electron chi connectivity index (χ4n) is 4.76. The molecular weight excluding hydrogens is 461 g/mol. The molecule has 36 heavy (non-hydrogen) atoms. The van der Waals surface area contributed by atoms with Crippen molar-refractivity contribution in [2.45, 2.75) is 12.5 Å². The minimum Gasteiger partial charge on any atom is -0.497 e. The van der Waals surface area contributed by atoms with E-state index in [1.165, 1.54) is 6.07 Å². The van der Waals surface area contributed by atoms with Crippen LogP contribution in [0.15, 0.2) is 66.7 Å². The van der Waals surface area contributed by atoms with Gasteiger partial charge in [-0.15, -0.1) is 0 Å². The van der Waals surface area contributed by atoms with Gasteiger partial charge in [0.05, 0.1) is 25.3 Å². The van der Waals surface area contributed by atoms with Gasteiger partial charge in [-0.1, -0.05) is 30.3 Å². The zero-order valence-electron chi connectivity index (χ0n) is 20.3. The van der Waals surface area contributed by atoms with Crippen molar-refractivity contribution in [1.82, 2.24) is 10.2 Å². The summed E-state index contributed by atoms with van der Waals surface area (Å²) in [5.41, 5.74) is 2.60. The van der Waals surface area contributed by atoms with Crippen LogP contribution in [-0.2, 0) is 11.2 Å². The maximum Gasteiger partial charge on any atom is 0.231 e. The molecular formula is C28H30FN3O4. The monoisotopic (exact) mass is 491 g/mol. The second-order valence-corrected chi connectivity index (χ2v) is 8.93. The summed E-state index contributed by atoms with van der Waals surface area (Å²) in [4.78, 5) is 17.2. The van der Waals surface area contributed by atoms with E-state index in [2.05, 4.69) is 15.1 Å². The summed E-state index contributed by atoms with van der Waals surface area (Å²) in [6, 6.07) is 20.3. The van der Waals surface area contributed by atoms with Gasteiger partial charge in [-0.05, 0) is 47.5 Å². The lowest BCUT2D eigenvalue weighted by Gasteiger charge is -2.40. The van der Waals surface area contributed by atoms with E-state index in [4.69, 9.17) is 14.2 Å². The van der Waals surface area contributed by atoms with Gasteiger partial charge in [0.1, 0.15) is 11.6 Å². The number of ether oxygens (including phenoxy) is 3. The quantitative estimate of drug-likeness (QED) is 0.518. The molecule has 1 N–H and O–H groups in total. The molecule has 1 atom stereocenters. The third-order valence-electron chi connectivity index (χ3n) is 6.75. The lowest BCUT2D eigenvalue weighted by atomic mass is 10.0. The van der Waals surface area contributed by atoms with Crippen molar-refractivity contribution in [1.29, 1.82) is 0 Å². The van der Waals surface area contributed by atoms with Crippen LogP contribution in [0, 0.1) is 5.82 Å². The number of rotatable bonds is 8. The molecule has 2 heterocycles. The Hall–Kier alpha value is -3.78. The van der Waals surface area contributed by atoms with Gasteiger partial charge in [-0.25, -0.2) is 4.39 Å². The zero-order chi connectivity index (χ0) is 24.9. The molecule has 2 aliphatic heterocycles. The van der Waals surface area contributed by atoms with Gasteiger partial charge in [0.2, 0.25) is 12.7 Å². The Morgan fingerprint density at radius 1 is 1.00 bits per heavy atom. The molecule has 1 amide bonds. The number of amides is 1. The SMILES string of the molecule is COc1ccc(CC(=O)NC[C@@H](c2ccc3c(c2)OCO3)N2CCN(c3ccccc3F)CC2)cc1. The van der Waals surface area contributed by atoms with E-state index in [0.29, 0.717) is 37.5 Å². The van der Waals surface area contributed by atoms with Crippen LogP contribution in [-0.4, -0.2) is 57.4 Å². The topological polar surface area (TPSA) is 63.3 Å². The number of nitrogens with zero attached hydrogens (tertiary/aromatic N) is 2. The van der Waals surface area contributed by atoms with Crippen molar-refractivity contribution in [3.8, 4) is 17.2 Å². The predicted octanol–water partition coefficient (Wildman–Crippen LogP) is 3.79. The Balaban J connectivity index is 1.27. The Labute approximate surface area is 210 Å². The van der Waals surface area contributed by atoms with Gasteiger partial charge >= 0.3 is 0 Å². The van der Waals surface area contributed by atoms with Crippen LogP contribution in [0.3, 0.4) is 0 Å². The number of carbonyl (C=O) groups is 1. The molecule has 8 heteroatoms. The van der Waals surface area contributed by atoms with E-state index in [1.807, 2.05) is 54.6 Å². The van der Waals surface area contributed by atoms with Crippen LogP contribution >= 0.6 is 0 Å². The first kappa shape index (κ1) is 23.9. The Bertz CT molecular complexity index is 1200. The highest BCUT2D eigenvalue weighted by molar-refractivity contribution is 5.78. The number of nitrogens with one attached hydrogen (secondary N) is 1. The molecule has 0 aromatic heterocycles. The molecule has 3 aromatic carbocycles. The molecule has 3 aromatic rings. The van der Waals surface area contributed by atoms with Crippen LogP contribution in [0.2, 0.25) is 0 Å². The molecule has 5 rings (SSSR count). The first-order chi connectivity index (χ1) is 17.6. The summed E-state index contributed by atoms with van der Waals surface area (Å²) in [6.45, 7) is 3.53. The van der Waals surface area contributed by atoms with Gasteiger partial charge in [-0.3, -0.25) is 9.69 Å². The number of fused-ring (bicyclic) bond motifs is 1. The lowest BCUT2D eigenvalue weighted by molar-refractivity contribution is -0.120. The number of methoxy groups -OCH3 is 1. The smallest absolute Gasteiger partial charge is 0.231 e. The van der Waals surface area contributed by atoms with E-state index in [9.17, 15) is 9.18 Å². The summed E-state index contributed by atoms with van der Waals surface area (Å²) >= 11 is 0. The van der Waals surface area contributed by atoms with E-state index in [-0.39, 0.29) is 24.6 Å². The highest BCUT2D eigenvalue weighted by Crippen LogP contribution is 2.36. The van der Waals surface area contributed by atoms with Crippen LogP contribution in [0.1, 0.15) is 17.2 Å². The number of halogens is 1. The maximum atomic E-state index is 14.3. The number of hydrogen-bond acceptors (Lipinski definition) is 6. The van der Waals surface area contributed by atoms with E-state index in [1.54, 1.807) is 13.2 Å². The zero-order valence-corrected chi connectivity index (χ0v) is 20.3. The van der Waals surface area contributed by atoms with Crippen LogP contribution < -0.4 is 24.4 Å². The summed E-state index contributed by atoms with van der Waals surface area (Å²) in [5, 5.41) is 3.12. The van der Waals surface area contributed by atoms with Crippen LogP contribution in [0.4, 0.5) is 10.1 Å². The van der Waals surface area contributed by atoms with E-state index >= 15 is 0 Å². The minimum absolute atomic E-state index is 0.0455. The Kier molecular flexibility index (Phi) is 7.23. The molecule has 0 saturated carbocycles. The second-order valence-electron chi connectivity index (χ2n) is 8.93. The van der Waals surface area contributed by atoms with Crippen molar-refractivity contribution in [2.24, 2.45) is 0 Å². The van der Waals surface area contributed by atoms with Crippen molar-refractivity contribution in [3.05, 3.63) is 83.7 Å². The highest BCUT2D eigenvalue weighted by Gasteiger charge is 2.28. The lowest BCUT2D eigenvalue weighted by Crippen LogP contribution is -2.50. The fourth-order valence-corrected chi connectivity index (χ4v) is 4.76. The Morgan fingerprint density at radius 2 is 1.75 bits per heavy atom. The molecule has 1 saturated heterocycles. The van der Waals surface area contributed by atoms with Crippen molar-refractivity contribution >= 4 is 11.6 Å². The van der Waals surface area contributed by atoms with Crippen LogP contribution in [0.5, 0.6) is 17.2 Å². The molecule has 0 spiro atoms. The number of hydrogen-bond donors (Lipinski definition) is 1. The number of anilines is 1. The van der Waals surface area contributed by atoms with Gasteiger partial charge in [0.15, 0.2) is 11.5 Å². The summed E-state index contributed by atoms with van der Waals surface area (Å²) < 4.78 is 30.6. The minimum atomic E-state index is -0.205. The molecule has 188 valence electrons. The molecule has 0 unspecified atom stereocenters. The first-order valence-corrected chi connectivity index (χ1v) is 12.1. The van der Waals surface area contributed by atoms with Gasteiger partial charge in [0, 0.05) is 32.7 Å². The molecule has 0 bridgehead atoms. The molecule has 1 fully saturated rings. The number of benzene rings is 3. The van der Waals surface area contributed by atoms with Crippen molar-refractivity contribution in [3.63, 3.8) is 0 Å². The number of carbonyl (C=O) groups excluding carboxylic acids is 1. The molecule has 7 nitrogen and oxygen atoms in total. The first-order valence-electron chi connectivity index (χ1n) is 12.1. The van der Waals surface area contributed by atoms with Crippen LogP contribution in [0.25, 0.3) is 0 Å². The van der Waals surface area contributed by atoms with Gasteiger partial charge < -0.3 is 24.4 Å². The predicted molar refractivity (Wildman–Crippen MR) is 135 cm³/mol. The van der Waals surface area contributed by atoms with Gasteiger partial charge in [-0.2, -0.15) is 0 Å². The molecule has 0 radical (unpaired) electrons. The Morgan fingerprint density at radius 3 is 2.50 bits per heavy atom. The second kappa shape index (κ2) is 10.9. The summed E-state index contributed by atoms with van der Waals surface area (Å²) in [7, 11) is 1.62. The average Bonchev–Trinajstić information content (AvgIpc) is 3.38. The molecule has 2 aliphatic rings. The van der Waals surface area contributed by atoms with E-state index < -0.39 is 0 Å². The van der Waals surface area contributed by atoms with Gasteiger partial charge in [0.25, 0.3) is 0 Å².